The first-order valence-corrected chi connectivity index (χ1v) is 13.5. The highest BCUT2D eigenvalue weighted by Gasteiger charge is 2.42. The molecule has 3 aliphatic rings. The summed E-state index contributed by atoms with van der Waals surface area (Å²) in [5, 5.41) is 8.34. The van der Waals surface area contributed by atoms with Gasteiger partial charge in [-0.25, -0.2) is 10.4 Å². The van der Waals surface area contributed by atoms with Gasteiger partial charge in [0.2, 0.25) is 5.91 Å². The summed E-state index contributed by atoms with van der Waals surface area (Å²) in [6.45, 7) is 5.46. The minimum absolute atomic E-state index is 0.0914. The standard InChI is InChI=1S/C27H33ClN8O2/c1-33(9-8-25(37)35-12-10-34(11-13-35)24-7-6-19(14-29)15-30-24)18-23-21-5-3-2-4-20(21)17-36(23)22-16-31-32-27(38)26(22)28/h2-7,15,22-23,26,31H,8-13,16-18H2,1H3,(H,32,38)/t22?,23-,26?/m0/s1. The fourth-order valence-electron chi connectivity index (χ4n) is 5.57. The number of rotatable bonds is 7. The number of hydrogen-bond donors (Lipinski definition) is 2. The molecular weight excluding hydrogens is 504 g/mol. The molecule has 1 aromatic carbocycles. The van der Waals surface area contributed by atoms with E-state index in [0.717, 1.165) is 32.0 Å². The zero-order valence-electron chi connectivity index (χ0n) is 21.5. The lowest BCUT2D eigenvalue weighted by Crippen LogP contribution is -2.61. The fourth-order valence-corrected chi connectivity index (χ4v) is 5.86. The second-order valence-corrected chi connectivity index (χ2v) is 10.6. The molecule has 0 bridgehead atoms. The number of likely N-dealkylation sites (N-methyl/N-ethyl adjacent to an activating group) is 1. The Morgan fingerprint density at radius 1 is 1.21 bits per heavy atom. The average molecular weight is 537 g/mol. The van der Waals surface area contributed by atoms with E-state index in [-0.39, 0.29) is 23.9 Å². The molecule has 2 aromatic rings. The molecule has 2 N–H and O–H groups in total. The van der Waals surface area contributed by atoms with Crippen LogP contribution in [0.5, 0.6) is 0 Å². The number of hydrogen-bond acceptors (Lipinski definition) is 8. The van der Waals surface area contributed by atoms with Crippen molar-refractivity contribution in [2.75, 3.05) is 57.8 Å². The van der Waals surface area contributed by atoms with E-state index in [1.54, 1.807) is 12.3 Å². The summed E-state index contributed by atoms with van der Waals surface area (Å²) in [6.07, 6.45) is 2.03. The van der Waals surface area contributed by atoms with E-state index in [0.29, 0.717) is 38.2 Å². The monoisotopic (exact) mass is 536 g/mol. The van der Waals surface area contributed by atoms with Crippen LogP contribution in [0, 0.1) is 11.3 Å². The van der Waals surface area contributed by atoms with Crippen molar-refractivity contribution in [3.05, 3.63) is 59.3 Å². The predicted octanol–water partition coefficient (Wildman–Crippen LogP) is 1.09. The van der Waals surface area contributed by atoms with Crippen LogP contribution in [-0.2, 0) is 16.1 Å². The molecule has 0 spiro atoms. The molecule has 0 aliphatic carbocycles. The predicted molar refractivity (Wildman–Crippen MR) is 144 cm³/mol. The molecule has 3 atom stereocenters. The zero-order chi connectivity index (χ0) is 26.6. The van der Waals surface area contributed by atoms with Gasteiger partial charge < -0.3 is 14.7 Å². The van der Waals surface area contributed by atoms with Gasteiger partial charge in [-0.05, 0) is 30.3 Å². The number of aromatic nitrogens is 1. The van der Waals surface area contributed by atoms with Gasteiger partial charge in [-0.15, -0.1) is 11.6 Å². The molecule has 4 heterocycles. The summed E-state index contributed by atoms with van der Waals surface area (Å²) in [7, 11) is 2.05. The molecule has 200 valence electrons. The molecule has 2 saturated heterocycles. The maximum Gasteiger partial charge on any atom is 0.253 e. The summed E-state index contributed by atoms with van der Waals surface area (Å²) in [5.41, 5.74) is 8.66. The lowest BCUT2D eigenvalue weighted by molar-refractivity contribution is -0.132. The molecule has 0 saturated carbocycles. The molecule has 0 radical (unpaired) electrons. The maximum absolute atomic E-state index is 13.0. The van der Waals surface area contributed by atoms with Gasteiger partial charge in [0.05, 0.1) is 11.6 Å². The van der Waals surface area contributed by atoms with Crippen LogP contribution >= 0.6 is 11.6 Å². The Morgan fingerprint density at radius 3 is 2.74 bits per heavy atom. The van der Waals surface area contributed by atoms with E-state index in [2.05, 4.69) is 54.8 Å². The highest BCUT2D eigenvalue weighted by Crippen LogP contribution is 2.37. The highest BCUT2D eigenvalue weighted by molar-refractivity contribution is 6.31. The van der Waals surface area contributed by atoms with E-state index >= 15 is 0 Å². The topological polar surface area (TPSA) is 108 Å². The number of piperazine rings is 1. The van der Waals surface area contributed by atoms with Crippen LogP contribution in [-0.4, -0.2) is 95.8 Å². The molecule has 5 rings (SSSR count). The van der Waals surface area contributed by atoms with Gasteiger partial charge >= 0.3 is 0 Å². The van der Waals surface area contributed by atoms with Gasteiger partial charge in [0, 0.05) is 71.0 Å². The number of nitriles is 1. The summed E-state index contributed by atoms with van der Waals surface area (Å²) < 4.78 is 0. The average Bonchev–Trinajstić information content (AvgIpc) is 3.31. The number of alkyl halides is 1. The van der Waals surface area contributed by atoms with E-state index in [9.17, 15) is 9.59 Å². The number of amides is 2. The SMILES string of the molecule is CN(CCC(=O)N1CCN(c2ccc(C#N)cn2)CC1)C[C@H]1c2ccccc2CN1C1CNNC(=O)C1Cl. The van der Waals surface area contributed by atoms with Gasteiger partial charge in [-0.1, -0.05) is 24.3 Å². The Bertz CT molecular complexity index is 1190. The molecule has 2 fully saturated rings. The van der Waals surface area contributed by atoms with Crippen molar-refractivity contribution in [3.63, 3.8) is 0 Å². The summed E-state index contributed by atoms with van der Waals surface area (Å²) >= 11 is 6.53. The molecule has 3 aliphatic heterocycles. The van der Waals surface area contributed by atoms with Crippen LogP contribution in [0.4, 0.5) is 5.82 Å². The number of nitrogens with zero attached hydrogens (tertiary/aromatic N) is 6. The quantitative estimate of drug-likeness (QED) is 0.506. The maximum atomic E-state index is 13.0. The Morgan fingerprint density at radius 2 is 2.00 bits per heavy atom. The second kappa shape index (κ2) is 11.7. The number of nitrogens with one attached hydrogen (secondary N) is 2. The fraction of sp³-hybridized carbons (Fsp3) is 0.481. The number of hydrazine groups is 1. The van der Waals surface area contributed by atoms with Crippen molar-refractivity contribution in [2.45, 2.75) is 30.4 Å². The van der Waals surface area contributed by atoms with Crippen molar-refractivity contribution in [3.8, 4) is 6.07 Å². The largest absolute Gasteiger partial charge is 0.353 e. The molecule has 2 unspecified atom stereocenters. The van der Waals surface area contributed by atoms with Crippen molar-refractivity contribution >= 4 is 29.2 Å². The Balaban J connectivity index is 1.15. The number of pyridine rings is 1. The Kier molecular flexibility index (Phi) is 8.09. The number of benzene rings is 1. The number of carbonyl (C=O) groups is 2. The normalized spacial score (nSPS) is 23.7. The smallest absolute Gasteiger partial charge is 0.253 e. The lowest BCUT2D eigenvalue weighted by Gasteiger charge is -2.39. The molecule has 10 nitrogen and oxygen atoms in total. The third kappa shape index (κ3) is 5.61. The van der Waals surface area contributed by atoms with Gasteiger partial charge in [-0.3, -0.25) is 19.9 Å². The molecular formula is C27H33ClN8O2. The number of carbonyl (C=O) groups excluding carboxylic acids is 2. The van der Waals surface area contributed by atoms with E-state index in [4.69, 9.17) is 16.9 Å². The second-order valence-electron chi connectivity index (χ2n) is 10.1. The van der Waals surface area contributed by atoms with Crippen molar-refractivity contribution in [1.82, 2.24) is 30.5 Å². The van der Waals surface area contributed by atoms with Crippen LogP contribution in [0.2, 0.25) is 0 Å². The molecule has 1 aromatic heterocycles. The number of anilines is 1. The van der Waals surface area contributed by atoms with Crippen molar-refractivity contribution < 1.29 is 9.59 Å². The van der Waals surface area contributed by atoms with E-state index in [1.807, 2.05) is 24.1 Å². The number of halogens is 1. The Hall–Kier alpha value is -3.23. The summed E-state index contributed by atoms with van der Waals surface area (Å²) in [5.74, 6) is 0.788. The van der Waals surface area contributed by atoms with Gasteiger partial charge in [0.1, 0.15) is 17.3 Å². The first kappa shape index (κ1) is 26.4. The number of fused-ring (bicyclic) bond motifs is 1. The van der Waals surface area contributed by atoms with Crippen LogP contribution in [0.3, 0.4) is 0 Å². The Labute approximate surface area is 228 Å². The third-order valence-electron chi connectivity index (χ3n) is 7.73. The molecule has 2 amide bonds. The van der Waals surface area contributed by atoms with Crippen LogP contribution in [0.15, 0.2) is 42.6 Å². The zero-order valence-corrected chi connectivity index (χ0v) is 22.3. The lowest BCUT2D eigenvalue weighted by atomic mass is 10.0. The minimum atomic E-state index is -0.627. The summed E-state index contributed by atoms with van der Waals surface area (Å²) in [6, 6.07) is 14.1. The van der Waals surface area contributed by atoms with Gasteiger partial charge in [-0.2, -0.15) is 5.26 Å². The molecule has 38 heavy (non-hydrogen) atoms. The highest BCUT2D eigenvalue weighted by atomic mass is 35.5. The van der Waals surface area contributed by atoms with Gasteiger partial charge in [0.25, 0.3) is 5.91 Å². The van der Waals surface area contributed by atoms with E-state index in [1.165, 1.54) is 11.1 Å². The van der Waals surface area contributed by atoms with Crippen LogP contribution in [0.25, 0.3) is 0 Å². The third-order valence-corrected chi connectivity index (χ3v) is 8.22. The minimum Gasteiger partial charge on any atom is -0.353 e. The first-order chi connectivity index (χ1) is 18.4. The summed E-state index contributed by atoms with van der Waals surface area (Å²) in [4.78, 5) is 38.2. The van der Waals surface area contributed by atoms with Crippen molar-refractivity contribution in [1.29, 1.82) is 5.26 Å². The van der Waals surface area contributed by atoms with Crippen LogP contribution < -0.4 is 15.8 Å². The van der Waals surface area contributed by atoms with Crippen LogP contribution in [0.1, 0.15) is 29.2 Å². The molecule has 11 heteroatoms. The van der Waals surface area contributed by atoms with Crippen molar-refractivity contribution in [2.24, 2.45) is 0 Å². The van der Waals surface area contributed by atoms with E-state index < -0.39 is 5.38 Å². The van der Waals surface area contributed by atoms with Gasteiger partial charge in [0.15, 0.2) is 0 Å². The first-order valence-electron chi connectivity index (χ1n) is 13.0.